The van der Waals surface area contributed by atoms with Gasteiger partial charge in [-0.3, -0.25) is 14.9 Å². The number of hydrogen-bond acceptors (Lipinski definition) is 4. The molecular weight excluding hydrogens is 248 g/mol. The zero-order valence-electron chi connectivity index (χ0n) is 10.2. The zero-order valence-corrected chi connectivity index (χ0v) is 10.2. The molecule has 6 nitrogen and oxygen atoms in total. The number of carbonyl (C=O) groups is 1. The van der Waals surface area contributed by atoms with Gasteiger partial charge in [0.1, 0.15) is 0 Å². The van der Waals surface area contributed by atoms with E-state index in [0.717, 1.165) is 12.8 Å². The maximum absolute atomic E-state index is 11.6. The molecular formula is C13H14N2O4. The number of aliphatic hydroxyl groups excluding tert-OH is 1. The van der Waals surface area contributed by atoms with Crippen molar-refractivity contribution in [3.8, 4) is 0 Å². The van der Waals surface area contributed by atoms with Crippen molar-refractivity contribution in [3.63, 3.8) is 0 Å². The lowest BCUT2D eigenvalue weighted by Gasteiger charge is -2.11. The van der Waals surface area contributed by atoms with E-state index in [-0.39, 0.29) is 18.2 Å². The molecule has 0 aromatic heterocycles. The van der Waals surface area contributed by atoms with Crippen LogP contribution in [0.15, 0.2) is 30.3 Å². The van der Waals surface area contributed by atoms with Crippen molar-refractivity contribution in [2.24, 2.45) is 0 Å². The number of benzene rings is 1. The summed E-state index contributed by atoms with van der Waals surface area (Å²) < 4.78 is 0. The number of aliphatic hydroxyl groups is 1. The molecule has 2 N–H and O–H groups in total. The van der Waals surface area contributed by atoms with Crippen molar-refractivity contribution >= 4 is 17.7 Å². The average molecular weight is 262 g/mol. The van der Waals surface area contributed by atoms with E-state index in [1.165, 1.54) is 18.2 Å². The van der Waals surface area contributed by atoms with Crippen LogP contribution >= 0.6 is 0 Å². The first-order valence-corrected chi connectivity index (χ1v) is 5.91. The molecule has 0 aliphatic heterocycles. The van der Waals surface area contributed by atoms with Gasteiger partial charge in [-0.25, -0.2) is 0 Å². The summed E-state index contributed by atoms with van der Waals surface area (Å²) in [6, 6.07) is 6.19. The fourth-order valence-corrected chi connectivity index (χ4v) is 1.74. The Morgan fingerprint density at radius 3 is 2.74 bits per heavy atom. The molecule has 100 valence electrons. The van der Waals surface area contributed by atoms with Crippen molar-refractivity contribution in [2.75, 3.05) is 6.61 Å². The minimum Gasteiger partial charge on any atom is -0.394 e. The Morgan fingerprint density at radius 1 is 1.47 bits per heavy atom. The lowest BCUT2D eigenvalue weighted by atomic mass is 10.1. The Bertz CT molecular complexity index is 535. The molecule has 0 spiro atoms. The molecule has 1 amide bonds. The van der Waals surface area contributed by atoms with Gasteiger partial charge in [-0.1, -0.05) is 12.1 Å². The molecule has 1 aliphatic carbocycles. The van der Waals surface area contributed by atoms with Crippen LogP contribution in [0.3, 0.4) is 0 Å². The Labute approximate surface area is 109 Å². The monoisotopic (exact) mass is 262 g/mol. The first-order valence-electron chi connectivity index (χ1n) is 5.91. The van der Waals surface area contributed by atoms with E-state index < -0.39 is 10.5 Å². The summed E-state index contributed by atoms with van der Waals surface area (Å²) in [5.41, 5.74) is -0.157. The number of hydrogen-bond donors (Lipinski definition) is 2. The van der Waals surface area contributed by atoms with Gasteiger partial charge in [0, 0.05) is 12.1 Å². The molecule has 1 aromatic rings. The van der Waals surface area contributed by atoms with Crippen molar-refractivity contribution < 1.29 is 14.8 Å². The van der Waals surface area contributed by atoms with Crippen LogP contribution in [0.1, 0.15) is 18.4 Å². The van der Waals surface area contributed by atoms with E-state index in [9.17, 15) is 14.9 Å². The number of amides is 1. The van der Waals surface area contributed by atoms with Gasteiger partial charge in [0.2, 0.25) is 5.91 Å². The van der Waals surface area contributed by atoms with E-state index in [1.807, 2.05) is 0 Å². The van der Waals surface area contributed by atoms with Gasteiger partial charge in [0.05, 0.1) is 22.6 Å². The lowest BCUT2D eigenvalue weighted by Crippen LogP contribution is -2.38. The number of nitro groups is 1. The summed E-state index contributed by atoms with van der Waals surface area (Å²) in [7, 11) is 0. The van der Waals surface area contributed by atoms with E-state index >= 15 is 0 Å². The van der Waals surface area contributed by atoms with Gasteiger partial charge in [-0.15, -0.1) is 0 Å². The molecule has 1 saturated carbocycles. The predicted octanol–water partition coefficient (Wildman–Crippen LogP) is 1.25. The summed E-state index contributed by atoms with van der Waals surface area (Å²) in [6.07, 6.45) is 4.17. The fraction of sp³-hybridized carbons (Fsp3) is 0.308. The molecule has 2 rings (SSSR count). The topological polar surface area (TPSA) is 92.5 Å². The summed E-state index contributed by atoms with van der Waals surface area (Å²) in [4.78, 5) is 21.9. The minimum absolute atomic E-state index is 0.0464. The van der Waals surface area contributed by atoms with Crippen LogP contribution in [-0.2, 0) is 4.79 Å². The van der Waals surface area contributed by atoms with Crippen LogP contribution in [0, 0.1) is 10.1 Å². The fourth-order valence-electron chi connectivity index (χ4n) is 1.74. The van der Waals surface area contributed by atoms with E-state index in [2.05, 4.69) is 5.32 Å². The van der Waals surface area contributed by atoms with Gasteiger partial charge in [-0.2, -0.15) is 0 Å². The van der Waals surface area contributed by atoms with Crippen molar-refractivity contribution in [2.45, 2.75) is 18.4 Å². The zero-order chi connectivity index (χ0) is 13.9. The quantitative estimate of drug-likeness (QED) is 0.474. The maximum Gasteiger partial charge on any atom is 0.276 e. The SMILES string of the molecule is O=C(/C=C/c1ccccc1[N+](=O)[O-])NC1(CO)CC1. The number of nitrogens with zero attached hydrogens (tertiary/aromatic N) is 1. The predicted molar refractivity (Wildman–Crippen MR) is 69.3 cm³/mol. The Hall–Kier alpha value is -2.21. The van der Waals surface area contributed by atoms with Gasteiger partial charge in [0.15, 0.2) is 0 Å². The minimum atomic E-state index is -0.492. The molecule has 1 aliphatic rings. The van der Waals surface area contributed by atoms with Gasteiger partial charge in [-0.05, 0) is 25.0 Å². The molecule has 1 aromatic carbocycles. The third-order valence-electron chi connectivity index (χ3n) is 3.09. The molecule has 1 fully saturated rings. The summed E-state index contributed by atoms with van der Waals surface area (Å²) in [5.74, 6) is -0.357. The number of nitro benzene ring substituents is 1. The second kappa shape index (κ2) is 5.19. The molecule has 0 heterocycles. The second-order valence-corrected chi connectivity index (χ2v) is 4.58. The third kappa shape index (κ3) is 3.17. The van der Waals surface area contributed by atoms with E-state index in [0.29, 0.717) is 5.56 Å². The highest BCUT2D eigenvalue weighted by Crippen LogP contribution is 2.34. The number of rotatable bonds is 5. The summed E-state index contributed by atoms with van der Waals surface area (Å²) in [5, 5.41) is 22.6. The second-order valence-electron chi connectivity index (χ2n) is 4.58. The first kappa shape index (κ1) is 13.2. The smallest absolute Gasteiger partial charge is 0.276 e. The lowest BCUT2D eigenvalue weighted by molar-refractivity contribution is -0.385. The molecule has 0 radical (unpaired) electrons. The third-order valence-corrected chi connectivity index (χ3v) is 3.09. The van der Waals surface area contributed by atoms with Gasteiger partial charge >= 0.3 is 0 Å². The van der Waals surface area contributed by atoms with Crippen molar-refractivity contribution in [3.05, 3.63) is 46.0 Å². The first-order chi connectivity index (χ1) is 9.06. The molecule has 0 saturated heterocycles. The molecule has 0 atom stereocenters. The van der Waals surface area contributed by atoms with Crippen LogP contribution in [0.5, 0.6) is 0 Å². The maximum atomic E-state index is 11.6. The number of nitrogens with one attached hydrogen (secondary N) is 1. The highest BCUT2D eigenvalue weighted by Gasteiger charge is 2.42. The summed E-state index contributed by atoms with van der Waals surface area (Å²) in [6.45, 7) is -0.0853. The van der Waals surface area contributed by atoms with Crippen LogP contribution in [-0.4, -0.2) is 28.1 Å². The number of para-hydroxylation sites is 1. The van der Waals surface area contributed by atoms with E-state index in [4.69, 9.17) is 5.11 Å². The molecule has 19 heavy (non-hydrogen) atoms. The van der Waals surface area contributed by atoms with Crippen LogP contribution in [0.4, 0.5) is 5.69 Å². The molecule has 6 heteroatoms. The highest BCUT2D eigenvalue weighted by atomic mass is 16.6. The highest BCUT2D eigenvalue weighted by molar-refractivity contribution is 5.93. The van der Waals surface area contributed by atoms with Crippen molar-refractivity contribution in [1.82, 2.24) is 5.32 Å². The summed E-state index contributed by atoms with van der Waals surface area (Å²) >= 11 is 0. The average Bonchev–Trinajstić information content (AvgIpc) is 3.17. The normalized spacial score (nSPS) is 16.3. The van der Waals surface area contributed by atoms with Crippen LogP contribution < -0.4 is 5.32 Å². The van der Waals surface area contributed by atoms with Crippen LogP contribution in [0.2, 0.25) is 0 Å². The Morgan fingerprint density at radius 2 is 2.16 bits per heavy atom. The van der Waals surface area contributed by atoms with Gasteiger partial charge < -0.3 is 10.4 Å². The standard InChI is InChI=1S/C13H14N2O4/c16-9-13(7-8-13)14-12(17)6-5-10-3-1-2-4-11(10)15(18)19/h1-6,16H,7-9H2,(H,14,17)/b6-5+. The Kier molecular flexibility index (Phi) is 3.62. The van der Waals surface area contributed by atoms with Crippen molar-refractivity contribution in [1.29, 1.82) is 0 Å². The largest absolute Gasteiger partial charge is 0.394 e. The number of carbonyl (C=O) groups excluding carboxylic acids is 1. The molecule has 0 bridgehead atoms. The van der Waals surface area contributed by atoms with E-state index in [1.54, 1.807) is 18.2 Å². The molecule has 0 unspecified atom stereocenters. The Balaban J connectivity index is 2.06. The van der Waals surface area contributed by atoms with Crippen LogP contribution in [0.25, 0.3) is 6.08 Å². The van der Waals surface area contributed by atoms with Gasteiger partial charge in [0.25, 0.3) is 5.69 Å².